The minimum Gasteiger partial charge on any atom is -0.325 e. The second kappa shape index (κ2) is 8.79. The normalized spacial score (nSPS) is 12.3. The minimum atomic E-state index is 0.315. The van der Waals surface area contributed by atoms with Crippen molar-refractivity contribution in [3.63, 3.8) is 0 Å². The van der Waals surface area contributed by atoms with Crippen molar-refractivity contribution in [1.82, 2.24) is 9.55 Å². The van der Waals surface area contributed by atoms with Crippen LogP contribution in [0, 0.1) is 6.92 Å². The Morgan fingerprint density at radius 3 is 2.60 bits per heavy atom. The molecule has 0 N–H and O–H groups in total. The molecule has 5 heteroatoms. The third-order valence-electron chi connectivity index (χ3n) is 4.10. The summed E-state index contributed by atoms with van der Waals surface area (Å²) < 4.78 is 2.17. The van der Waals surface area contributed by atoms with Gasteiger partial charge in [0.15, 0.2) is 0 Å². The Hall–Kier alpha value is -1.42. The fourth-order valence-corrected chi connectivity index (χ4v) is 4.30. The Bertz CT molecular complexity index is 801. The molecule has 2 aromatic carbocycles. The first-order valence-electron chi connectivity index (χ1n) is 8.20. The number of nitrogens with zero attached hydrogens (tertiary/aromatic N) is 2. The van der Waals surface area contributed by atoms with Gasteiger partial charge in [0.2, 0.25) is 0 Å². The highest BCUT2D eigenvalue weighted by Crippen LogP contribution is 2.32. The maximum Gasteiger partial charge on any atom is 0.0955 e. The van der Waals surface area contributed by atoms with E-state index in [1.54, 1.807) is 0 Å². The summed E-state index contributed by atoms with van der Waals surface area (Å²) in [6, 6.07) is 14.4. The Kier molecular flexibility index (Phi) is 6.46. The lowest BCUT2D eigenvalue weighted by molar-refractivity contribution is 0.622. The number of hydrogen-bond donors (Lipinski definition) is 0. The summed E-state index contributed by atoms with van der Waals surface area (Å²) in [5.41, 5.74) is 3.76. The van der Waals surface area contributed by atoms with Crippen molar-refractivity contribution < 1.29 is 0 Å². The molecule has 0 radical (unpaired) electrons. The average Bonchev–Trinajstić information content (AvgIpc) is 3.12. The summed E-state index contributed by atoms with van der Waals surface area (Å²) in [5, 5.41) is 1.73. The summed E-state index contributed by atoms with van der Waals surface area (Å²) in [6.45, 7) is 2.11. The van der Waals surface area contributed by atoms with Crippen molar-refractivity contribution >= 4 is 35.0 Å². The van der Waals surface area contributed by atoms with Crippen LogP contribution < -0.4 is 0 Å². The Morgan fingerprint density at radius 1 is 1.12 bits per heavy atom. The lowest BCUT2D eigenvalue weighted by Crippen LogP contribution is -2.05. The third kappa shape index (κ3) is 5.27. The summed E-state index contributed by atoms with van der Waals surface area (Å²) >= 11 is 14.2. The largest absolute Gasteiger partial charge is 0.325 e. The van der Waals surface area contributed by atoms with Crippen molar-refractivity contribution in [2.24, 2.45) is 0 Å². The van der Waals surface area contributed by atoms with E-state index in [-0.39, 0.29) is 0 Å². The van der Waals surface area contributed by atoms with Crippen LogP contribution >= 0.6 is 35.0 Å². The van der Waals surface area contributed by atoms with E-state index in [1.807, 2.05) is 48.7 Å². The molecule has 1 unspecified atom stereocenters. The van der Waals surface area contributed by atoms with Crippen LogP contribution in [0.1, 0.15) is 28.5 Å². The van der Waals surface area contributed by atoms with Gasteiger partial charge in [0.1, 0.15) is 0 Å². The molecule has 0 amide bonds. The fourth-order valence-electron chi connectivity index (χ4n) is 2.64. The molecule has 0 spiro atoms. The van der Waals surface area contributed by atoms with E-state index in [9.17, 15) is 0 Å². The number of aromatic nitrogens is 2. The van der Waals surface area contributed by atoms with Crippen LogP contribution in [0.4, 0.5) is 0 Å². The van der Waals surface area contributed by atoms with Crippen LogP contribution in [0.15, 0.2) is 61.2 Å². The lowest BCUT2D eigenvalue weighted by Gasteiger charge is -2.18. The molecular formula is C20H20Cl2N2S. The van der Waals surface area contributed by atoms with Gasteiger partial charge in [-0.3, -0.25) is 0 Å². The van der Waals surface area contributed by atoms with Crippen LogP contribution in [0.5, 0.6) is 0 Å². The first-order chi connectivity index (χ1) is 12.1. The monoisotopic (exact) mass is 390 g/mol. The zero-order chi connectivity index (χ0) is 17.6. The molecule has 1 aromatic heterocycles. The molecule has 3 rings (SSSR count). The number of imidazole rings is 1. The van der Waals surface area contributed by atoms with E-state index in [0.29, 0.717) is 10.4 Å². The smallest absolute Gasteiger partial charge is 0.0955 e. The summed E-state index contributed by atoms with van der Waals surface area (Å²) in [7, 11) is 0. The van der Waals surface area contributed by atoms with Gasteiger partial charge in [-0.05, 0) is 43.0 Å². The predicted molar refractivity (Wildman–Crippen MR) is 109 cm³/mol. The van der Waals surface area contributed by atoms with Gasteiger partial charge in [-0.25, -0.2) is 4.98 Å². The Morgan fingerprint density at radius 2 is 1.92 bits per heavy atom. The molecule has 25 heavy (non-hydrogen) atoms. The minimum absolute atomic E-state index is 0.315. The SMILES string of the molecule is Cc1ccc(CSC(CCc2ccc(Cl)cc2Cl)n2ccnc2)cc1. The average molecular weight is 391 g/mol. The molecule has 0 aliphatic rings. The summed E-state index contributed by atoms with van der Waals surface area (Å²) in [4.78, 5) is 4.20. The molecule has 0 bridgehead atoms. The van der Waals surface area contributed by atoms with Gasteiger partial charge in [-0.15, -0.1) is 11.8 Å². The van der Waals surface area contributed by atoms with Crippen molar-refractivity contribution in [2.45, 2.75) is 30.9 Å². The van der Waals surface area contributed by atoms with Crippen molar-refractivity contribution in [3.05, 3.63) is 87.9 Å². The van der Waals surface area contributed by atoms with Gasteiger partial charge in [-0.1, -0.05) is 59.1 Å². The maximum atomic E-state index is 6.32. The highest BCUT2D eigenvalue weighted by atomic mass is 35.5. The van der Waals surface area contributed by atoms with Gasteiger partial charge < -0.3 is 4.57 Å². The third-order valence-corrected chi connectivity index (χ3v) is 6.05. The quantitative estimate of drug-likeness (QED) is 0.454. The van der Waals surface area contributed by atoms with Crippen LogP contribution in [-0.4, -0.2) is 9.55 Å². The number of thioether (sulfide) groups is 1. The molecule has 0 fully saturated rings. The van der Waals surface area contributed by atoms with E-state index < -0.39 is 0 Å². The summed E-state index contributed by atoms with van der Waals surface area (Å²) in [5.74, 6) is 0.970. The van der Waals surface area contributed by atoms with Gasteiger partial charge in [0, 0.05) is 28.2 Å². The molecule has 130 valence electrons. The molecule has 1 heterocycles. The highest BCUT2D eigenvalue weighted by molar-refractivity contribution is 7.98. The van der Waals surface area contributed by atoms with Gasteiger partial charge in [0.05, 0.1) is 11.7 Å². The fraction of sp³-hybridized carbons (Fsp3) is 0.250. The molecular weight excluding hydrogens is 371 g/mol. The molecule has 0 saturated heterocycles. The van der Waals surface area contributed by atoms with Crippen LogP contribution in [0.2, 0.25) is 10.0 Å². The number of benzene rings is 2. The maximum absolute atomic E-state index is 6.32. The molecule has 0 aliphatic heterocycles. The molecule has 1 atom stereocenters. The van der Waals surface area contributed by atoms with Gasteiger partial charge >= 0.3 is 0 Å². The molecule has 0 saturated carbocycles. The second-order valence-electron chi connectivity index (χ2n) is 6.04. The topological polar surface area (TPSA) is 17.8 Å². The molecule has 3 aromatic rings. The van der Waals surface area contributed by atoms with Crippen molar-refractivity contribution in [2.75, 3.05) is 0 Å². The molecule has 0 aliphatic carbocycles. The van der Waals surface area contributed by atoms with Gasteiger partial charge in [0.25, 0.3) is 0 Å². The Labute approximate surface area is 163 Å². The summed E-state index contributed by atoms with van der Waals surface area (Å²) in [6.07, 6.45) is 7.62. The van der Waals surface area contributed by atoms with E-state index in [0.717, 1.165) is 29.2 Å². The number of rotatable bonds is 7. The zero-order valence-corrected chi connectivity index (χ0v) is 16.4. The van der Waals surface area contributed by atoms with Gasteiger partial charge in [-0.2, -0.15) is 0 Å². The van der Waals surface area contributed by atoms with E-state index in [2.05, 4.69) is 40.7 Å². The second-order valence-corrected chi connectivity index (χ2v) is 8.05. The van der Waals surface area contributed by atoms with E-state index in [1.165, 1.54) is 11.1 Å². The zero-order valence-electron chi connectivity index (χ0n) is 14.0. The van der Waals surface area contributed by atoms with E-state index in [4.69, 9.17) is 23.2 Å². The van der Waals surface area contributed by atoms with Crippen molar-refractivity contribution in [1.29, 1.82) is 0 Å². The first-order valence-corrected chi connectivity index (χ1v) is 10.0. The number of halogens is 2. The highest BCUT2D eigenvalue weighted by Gasteiger charge is 2.13. The number of hydrogen-bond acceptors (Lipinski definition) is 2. The predicted octanol–water partition coefficient (Wildman–Crippen LogP) is 6.56. The van der Waals surface area contributed by atoms with Crippen molar-refractivity contribution in [3.8, 4) is 0 Å². The van der Waals surface area contributed by atoms with Crippen LogP contribution in [0.25, 0.3) is 0 Å². The van der Waals surface area contributed by atoms with Crippen LogP contribution in [-0.2, 0) is 12.2 Å². The first kappa shape index (κ1) is 18.4. The standard InChI is InChI=1S/C20H20Cl2N2S/c1-15-2-4-16(5-3-15)13-25-20(24-11-10-23-14-24)9-7-17-6-8-18(21)12-19(17)22/h2-6,8,10-12,14,20H,7,9,13H2,1H3. The van der Waals surface area contributed by atoms with E-state index >= 15 is 0 Å². The Balaban J connectivity index is 1.66. The lowest BCUT2D eigenvalue weighted by atomic mass is 10.1. The number of aryl methyl sites for hydroxylation is 2. The molecule has 2 nitrogen and oxygen atoms in total. The van der Waals surface area contributed by atoms with Crippen LogP contribution in [0.3, 0.4) is 0 Å².